The van der Waals surface area contributed by atoms with E-state index in [9.17, 15) is 0 Å². The number of hydrogen-bond donors (Lipinski definition) is 1. The molecular formula is C19H14FN5. The van der Waals surface area contributed by atoms with Gasteiger partial charge in [0, 0.05) is 30.4 Å². The maximum Gasteiger partial charge on any atom is 0.182 e. The number of benzene rings is 2. The molecule has 2 heterocycles. The summed E-state index contributed by atoms with van der Waals surface area (Å²) in [6.45, 7) is 0. The van der Waals surface area contributed by atoms with Crippen LogP contribution < -0.4 is 5.32 Å². The summed E-state index contributed by atoms with van der Waals surface area (Å²) < 4.78 is 15.2. The first-order valence-electron chi connectivity index (χ1n) is 7.77. The van der Waals surface area contributed by atoms with Gasteiger partial charge in [0.1, 0.15) is 17.0 Å². The Bertz CT molecular complexity index is 1040. The van der Waals surface area contributed by atoms with E-state index in [1.165, 1.54) is 0 Å². The lowest BCUT2D eigenvalue weighted by Crippen LogP contribution is -2.02. The molecule has 5 nitrogen and oxygen atoms in total. The minimum atomic E-state index is -0.382. The Hall–Kier alpha value is -3.41. The fourth-order valence-electron chi connectivity index (χ4n) is 2.72. The maximum atomic E-state index is 15.2. The van der Waals surface area contributed by atoms with Crippen molar-refractivity contribution in [3.8, 4) is 22.6 Å². The molecule has 1 N–H and O–H groups in total. The summed E-state index contributed by atoms with van der Waals surface area (Å²) in [4.78, 5) is 17.1. The van der Waals surface area contributed by atoms with E-state index < -0.39 is 0 Å². The molecule has 122 valence electrons. The Morgan fingerprint density at radius 3 is 2.52 bits per heavy atom. The van der Waals surface area contributed by atoms with Crippen LogP contribution in [-0.4, -0.2) is 27.0 Å². The standard InChI is InChI=1S/C19H14FN5/c1-21-18-14-8-7-13(12-5-3-2-4-6-12)16(20)17(14)24-19(25-18)15-11-22-9-10-23-15/h2-11H,1H3,(H,21,24,25). The van der Waals surface area contributed by atoms with Crippen molar-refractivity contribution in [3.63, 3.8) is 0 Å². The summed E-state index contributed by atoms with van der Waals surface area (Å²) in [5.41, 5.74) is 2.04. The molecule has 0 aliphatic rings. The van der Waals surface area contributed by atoms with Crippen LogP contribution in [0.3, 0.4) is 0 Å². The molecule has 0 saturated carbocycles. The van der Waals surface area contributed by atoms with E-state index in [1.54, 1.807) is 31.7 Å². The number of anilines is 1. The Kier molecular flexibility index (Phi) is 3.78. The SMILES string of the molecule is CNc1nc(-c2cnccn2)nc2c(F)c(-c3ccccc3)ccc12. The summed E-state index contributed by atoms with van der Waals surface area (Å²) in [7, 11) is 1.74. The average molecular weight is 331 g/mol. The Morgan fingerprint density at radius 2 is 1.80 bits per heavy atom. The van der Waals surface area contributed by atoms with Crippen molar-refractivity contribution in [2.24, 2.45) is 0 Å². The van der Waals surface area contributed by atoms with Gasteiger partial charge in [0.05, 0.1) is 6.20 Å². The van der Waals surface area contributed by atoms with E-state index in [4.69, 9.17) is 0 Å². The predicted molar refractivity (Wildman–Crippen MR) is 95.5 cm³/mol. The Balaban J connectivity index is 1.99. The molecule has 0 bridgehead atoms. The Morgan fingerprint density at radius 1 is 0.960 bits per heavy atom. The average Bonchev–Trinajstić information content (AvgIpc) is 2.69. The molecule has 6 heteroatoms. The van der Waals surface area contributed by atoms with Crippen LogP contribution >= 0.6 is 0 Å². The van der Waals surface area contributed by atoms with Gasteiger partial charge in [-0.05, 0) is 11.6 Å². The summed E-state index contributed by atoms with van der Waals surface area (Å²) in [6.07, 6.45) is 4.68. The second-order valence-corrected chi connectivity index (χ2v) is 5.43. The number of hydrogen-bond acceptors (Lipinski definition) is 5. The molecule has 0 atom stereocenters. The first kappa shape index (κ1) is 15.1. The second-order valence-electron chi connectivity index (χ2n) is 5.43. The molecule has 0 unspecified atom stereocenters. The molecule has 0 spiro atoms. The van der Waals surface area contributed by atoms with Gasteiger partial charge in [0.25, 0.3) is 0 Å². The van der Waals surface area contributed by atoms with E-state index >= 15 is 4.39 Å². The van der Waals surface area contributed by atoms with Gasteiger partial charge in [-0.15, -0.1) is 0 Å². The summed E-state index contributed by atoms with van der Waals surface area (Å²) in [5.74, 6) is 0.492. The highest BCUT2D eigenvalue weighted by molar-refractivity contribution is 5.93. The van der Waals surface area contributed by atoms with Gasteiger partial charge in [0.15, 0.2) is 11.6 Å². The maximum absolute atomic E-state index is 15.2. The van der Waals surface area contributed by atoms with Crippen molar-refractivity contribution in [1.82, 2.24) is 19.9 Å². The smallest absolute Gasteiger partial charge is 0.182 e. The van der Waals surface area contributed by atoms with Crippen molar-refractivity contribution in [2.75, 3.05) is 12.4 Å². The van der Waals surface area contributed by atoms with Crippen molar-refractivity contribution in [2.45, 2.75) is 0 Å². The zero-order chi connectivity index (χ0) is 17.2. The lowest BCUT2D eigenvalue weighted by Gasteiger charge is -2.11. The largest absolute Gasteiger partial charge is 0.373 e. The molecule has 2 aromatic carbocycles. The Labute approximate surface area is 143 Å². The predicted octanol–water partition coefficient (Wildman–Crippen LogP) is 3.93. The van der Waals surface area contributed by atoms with Gasteiger partial charge >= 0.3 is 0 Å². The van der Waals surface area contributed by atoms with Gasteiger partial charge in [-0.1, -0.05) is 36.4 Å². The molecule has 4 rings (SSSR count). The number of halogens is 1. The lowest BCUT2D eigenvalue weighted by molar-refractivity contribution is 0.640. The highest BCUT2D eigenvalue weighted by Crippen LogP contribution is 2.31. The molecule has 0 aliphatic heterocycles. The normalized spacial score (nSPS) is 10.8. The molecule has 0 aliphatic carbocycles. The number of fused-ring (bicyclic) bond motifs is 1. The van der Waals surface area contributed by atoms with Crippen LogP contribution in [-0.2, 0) is 0 Å². The quantitative estimate of drug-likeness (QED) is 0.616. The highest BCUT2D eigenvalue weighted by atomic mass is 19.1. The molecule has 25 heavy (non-hydrogen) atoms. The number of nitrogens with zero attached hydrogens (tertiary/aromatic N) is 4. The molecular weight excluding hydrogens is 317 g/mol. The van der Waals surface area contributed by atoms with Crippen molar-refractivity contribution < 1.29 is 4.39 Å². The fraction of sp³-hybridized carbons (Fsp3) is 0.0526. The van der Waals surface area contributed by atoms with E-state index in [0.29, 0.717) is 28.3 Å². The van der Waals surface area contributed by atoms with Crippen LogP contribution in [0.25, 0.3) is 33.5 Å². The van der Waals surface area contributed by atoms with Crippen molar-refractivity contribution >= 4 is 16.7 Å². The van der Waals surface area contributed by atoms with Gasteiger partial charge in [0.2, 0.25) is 0 Å². The third kappa shape index (κ3) is 2.67. The molecule has 0 fully saturated rings. The molecule has 0 saturated heterocycles. The first-order valence-corrected chi connectivity index (χ1v) is 7.77. The number of rotatable bonds is 3. The third-order valence-corrected chi connectivity index (χ3v) is 3.92. The molecule has 4 aromatic rings. The van der Waals surface area contributed by atoms with E-state index in [-0.39, 0.29) is 11.3 Å². The number of nitrogens with one attached hydrogen (secondary N) is 1. The van der Waals surface area contributed by atoms with Crippen molar-refractivity contribution in [1.29, 1.82) is 0 Å². The van der Waals surface area contributed by atoms with Crippen LogP contribution in [0, 0.1) is 5.82 Å². The monoisotopic (exact) mass is 331 g/mol. The van der Waals surface area contributed by atoms with Crippen LogP contribution in [0.5, 0.6) is 0 Å². The first-order chi connectivity index (χ1) is 12.3. The summed E-state index contributed by atoms with van der Waals surface area (Å²) in [6, 6.07) is 13.0. The topological polar surface area (TPSA) is 63.6 Å². The summed E-state index contributed by atoms with van der Waals surface area (Å²) >= 11 is 0. The lowest BCUT2D eigenvalue weighted by atomic mass is 10.0. The van der Waals surface area contributed by atoms with Gasteiger partial charge in [-0.3, -0.25) is 4.98 Å². The molecule has 0 radical (unpaired) electrons. The van der Waals surface area contributed by atoms with Crippen LogP contribution in [0.2, 0.25) is 0 Å². The second kappa shape index (κ2) is 6.24. The van der Waals surface area contributed by atoms with E-state index in [1.807, 2.05) is 36.4 Å². The number of aromatic nitrogens is 4. The zero-order valence-corrected chi connectivity index (χ0v) is 13.4. The van der Waals surface area contributed by atoms with Gasteiger partial charge in [-0.25, -0.2) is 19.3 Å². The molecule has 2 aromatic heterocycles. The van der Waals surface area contributed by atoms with Crippen LogP contribution in [0.1, 0.15) is 0 Å². The fourth-order valence-corrected chi connectivity index (χ4v) is 2.72. The van der Waals surface area contributed by atoms with E-state index in [2.05, 4.69) is 25.3 Å². The van der Waals surface area contributed by atoms with Gasteiger partial charge < -0.3 is 5.32 Å². The summed E-state index contributed by atoms with van der Waals surface area (Å²) in [5, 5.41) is 3.62. The van der Waals surface area contributed by atoms with Crippen LogP contribution in [0.4, 0.5) is 10.2 Å². The van der Waals surface area contributed by atoms with E-state index in [0.717, 1.165) is 5.56 Å². The van der Waals surface area contributed by atoms with Gasteiger partial charge in [-0.2, -0.15) is 0 Å². The zero-order valence-electron chi connectivity index (χ0n) is 13.4. The molecule has 0 amide bonds. The van der Waals surface area contributed by atoms with Crippen LogP contribution in [0.15, 0.2) is 61.1 Å². The highest BCUT2D eigenvalue weighted by Gasteiger charge is 2.16. The minimum absolute atomic E-state index is 0.251. The third-order valence-electron chi connectivity index (χ3n) is 3.92. The minimum Gasteiger partial charge on any atom is -0.373 e. The van der Waals surface area contributed by atoms with Crippen molar-refractivity contribution in [3.05, 3.63) is 66.9 Å².